The minimum absolute atomic E-state index is 0.370. The van der Waals surface area contributed by atoms with Crippen molar-refractivity contribution in [3.05, 3.63) is 42.9 Å². The zero-order chi connectivity index (χ0) is 11.4. The van der Waals surface area contributed by atoms with Gasteiger partial charge in [-0.1, -0.05) is 11.3 Å². The number of nitrogens with two attached hydrogens (primary N) is 1. The molecule has 0 fully saturated rings. The summed E-state index contributed by atoms with van der Waals surface area (Å²) >= 11 is 0. The summed E-state index contributed by atoms with van der Waals surface area (Å²) in [4.78, 5) is 3.98. The summed E-state index contributed by atoms with van der Waals surface area (Å²) in [6.45, 7) is 4.68. The number of pyridine rings is 1. The van der Waals surface area contributed by atoms with E-state index in [0.29, 0.717) is 13.1 Å². The van der Waals surface area contributed by atoms with Crippen LogP contribution >= 0.6 is 0 Å². The number of rotatable bonds is 4. The molecule has 2 N–H and O–H groups in total. The van der Waals surface area contributed by atoms with Gasteiger partial charge in [0.25, 0.3) is 0 Å². The van der Waals surface area contributed by atoms with E-state index in [0.717, 1.165) is 17.0 Å². The summed E-state index contributed by atoms with van der Waals surface area (Å²) in [5.74, 6) is 0. The molecular weight excluding hydrogens is 202 g/mol. The first-order valence-corrected chi connectivity index (χ1v) is 5.00. The lowest BCUT2D eigenvalue weighted by molar-refractivity contribution is 0.667. The number of hydrogen-bond acceptors (Lipinski definition) is 4. The summed E-state index contributed by atoms with van der Waals surface area (Å²) in [6, 6.07) is 3.83. The van der Waals surface area contributed by atoms with Gasteiger partial charge in [-0.05, 0) is 12.1 Å². The quantitative estimate of drug-likeness (QED) is 0.772. The maximum Gasteiger partial charge on any atom is 0.104 e. The van der Waals surface area contributed by atoms with Crippen molar-refractivity contribution in [2.45, 2.75) is 13.1 Å². The second-order valence-corrected chi connectivity index (χ2v) is 3.30. The van der Waals surface area contributed by atoms with Gasteiger partial charge in [0, 0.05) is 24.5 Å². The lowest BCUT2D eigenvalue weighted by Crippen LogP contribution is -2.03. The van der Waals surface area contributed by atoms with Gasteiger partial charge in [-0.25, -0.2) is 4.68 Å². The van der Waals surface area contributed by atoms with Gasteiger partial charge in [0.2, 0.25) is 0 Å². The van der Waals surface area contributed by atoms with Gasteiger partial charge in [0.05, 0.1) is 12.2 Å². The summed E-state index contributed by atoms with van der Waals surface area (Å²) in [6.07, 6.45) is 5.25. The van der Waals surface area contributed by atoms with Crippen LogP contribution in [-0.4, -0.2) is 20.0 Å². The Morgan fingerprint density at radius 2 is 2.12 bits per heavy atom. The normalized spacial score (nSPS) is 10.3. The largest absolute Gasteiger partial charge is 0.325 e. The standard InChI is InChI=1S/C11H13N5/c1-2-7-16-11(10(8-12)14-15-16)9-3-5-13-6-4-9/h2-6H,1,7-8,12H2. The average Bonchev–Trinajstić information content (AvgIpc) is 2.74. The molecule has 82 valence electrons. The Morgan fingerprint density at radius 3 is 2.75 bits per heavy atom. The van der Waals surface area contributed by atoms with Crippen LogP contribution in [0.4, 0.5) is 0 Å². The van der Waals surface area contributed by atoms with Crippen molar-refractivity contribution in [2.24, 2.45) is 5.73 Å². The predicted molar refractivity (Wildman–Crippen MR) is 61.3 cm³/mol. The molecule has 0 saturated carbocycles. The monoisotopic (exact) mass is 215 g/mol. The van der Waals surface area contributed by atoms with Crippen LogP contribution in [0.3, 0.4) is 0 Å². The molecule has 2 heterocycles. The first kappa shape index (κ1) is 10.5. The van der Waals surface area contributed by atoms with E-state index in [1.807, 2.05) is 12.1 Å². The van der Waals surface area contributed by atoms with Gasteiger partial charge in [0.15, 0.2) is 0 Å². The highest BCUT2D eigenvalue weighted by molar-refractivity contribution is 5.61. The van der Waals surface area contributed by atoms with Crippen molar-refractivity contribution in [3.8, 4) is 11.3 Å². The molecular formula is C11H13N5. The van der Waals surface area contributed by atoms with Crippen molar-refractivity contribution < 1.29 is 0 Å². The maximum atomic E-state index is 5.64. The van der Waals surface area contributed by atoms with Crippen LogP contribution in [0.5, 0.6) is 0 Å². The van der Waals surface area contributed by atoms with Crippen molar-refractivity contribution in [1.29, 1.82) is 0 Å². The highest BCUT2D eigenvalue weighted by atomic mass is 15.4. The van der Waals surface area contributed by atoms with Gasteiger partial charge in [-0.2, -0.15) is 0 Å². The summed E-state index contributed by atoms with van der Waals surface area (Å²) in [7, 11) is 0. The summed E-state index contributed by atoms with van der Waals surface area (Å²) in [5.41, 5.74) is 8.38. The van der Waals surface area contributed by atoms with E-state index in [2.05, 4.69) is 21.9 Å². The first-order chi connectivity index (χ1) is 7.86. The topological polar surface area (TPSA) is 69.6 Å². The average molecular weight is 215 g/mol. The molecule has 0 atom stereocenters. The minimum atomic E-state index is 0.370. The molecule has 0 radical (unpaired) electrons. The van der Waals surface area contributed by atoms with E-state index in [4.69, 9.17) is 5.73 Å². The predicted octanol–water partition coefficient (Wildman–Crippen LogP) is 0.985. The number of nitrogens with zero attached hydrogens (tertiary/aromatic N) is 4. The number of hydrogen-bond donors (Lipinski definition) is 1. The SMILES string of the molecule is C=CCn1nnc(CN)c1-c1ccncc1. The molecule has 2 rings (SSSR count). The van der Waals surface area contributed by atoms with E-state index in [1.54, 1.807) is 23.2 Å². The summed E-state index contributed by atoms with van der Waals surface area (Å²) < 4.78 is 1.78. The van der Waals surface area contributed by atoms with Crippen LogP contribution in [0, 0.1) is 0 Å². The third-order valence-electron chi connectivity index (χ3n) is 2.25. The van der Waals surface area contributed by atoms with Crippen LogP contribution in [-0.2, 0) is 13.1 Å². The smallest absolute Gasteiger partial charge is 0.104 e. The van der Waals surface area contributed by atoms with Crippen LogP contribution in [0.15, 0.2) is 37.2 Å². The Morgan fingerprint density at radius 1 is 1.38 bits per heavy atom. The fourth-order valence-electron chi connectivity index (χ4n) is 1.56. The second kappa shape index (κ2) is 4.67. The lowest BCUT2D eigenvalue weighted by Gasteiger charge is -2.04. The first-order valence-electron chi connectivity index (χ1n) is 5.00. The lowest BCUT2D eigenvalue weighted by atomic mass is 10.1. The molecule has 0 saturated heterocycles. The summed E-state index contributed by atoms with van der Waals surface area (Å²) in [5, 5.41) is 8.10. The van der Waals surface area contributed by atoms with Gasteiger partial charge >= 0.3 is 0 Å². The molecule has 0 aliphatic carbocycles. The molecule has 0 amide bonds. The van der Waals surface area contributed by atoms with E-state index < -0.39 is 0 Å². The Bertz CT molecular complexity index is 474. The van der Waals surface area contributed by atoms with E-state index in [-0.39, 0.29) is 0 Å². The molecule has 0 aliphatic heterocycles. The fourth-order valence-corrected chi connectivity index (χ4v) is 1.56. The van der Waals surface area contributed by atoms with Crippen LogP contribution in [0.25, 0.3) is 11.3 Å². The molecule has 2 aromatic rings. The third-order valence-corrected chi connectivity index (χ3v) is 2.25. The van der Waals surface area contributed by atoms with E-state index in [9.17, 15) is 0 Å². The van der Waals surface area contributed by atoms with Crippen molar-refractivity contribution >= 4 is 0 Å². The van der Waals surface area contributed by atoms with Crippen LogP contribution in [0.1, 0.15) is 5.69 Å². The van der Waals surface area contributed by atoms with E-state index >= 15 is 0 Å². The second-order valence-electron chi connectivity index (χ2n) is 3.30. The molecule has 16 heavy (non-hydrogen) atoms. The highest BCUT2D eigenvalue weighted by Crippen LogP contribution is 2.20. The highest BCUT2D eigenvalue weighted by Gasteiger charge is 2.12. The maximum absolute atomic E-state index is 5.64. The Balaban J connectivity index is 2.52. The van der Waals surface area contributed by atoms with Gasteiger partial charge in [0.1, 0.15) is 5.69 Å². The fraction of sp³-hybridized carbons (Fsp3) is 0.182. The zero-order valence-corrected chi connectivity index (χ0v) is 8.87. The van der Waals surface area contributed by atoms with Crippen LogP contribution in [0.2, 0.25) is 0 Å². The van der Waals surface area contributed by atoms with Gasteiger partial charge in [-0.3, -0.25) is 4.98 Å². The van der Waals surface area contributed by atoms with Crippen molar-refractivity contribution in [3.63, 3.8) is 0 Å². The molecule has 5 nitrogen and oxygen atoms in total. The molecule has 0 unspecified atom stereocenters. The molecule has 0 spiro atoms. The Kier molecular flexibility index (Phi) is 3.07. The molecule has 2 aromatic heterocycles. The molecule has 0 aromatic carbocycles. The van der Waals surface area contributed by atoms with Crippen LogP contribution < -0.4 is 5.73 Å². The Labute approximate surface area is 93.6 Å². The number of allylic oxidation sites excluding steroid dienone is 1. The minimum Gasteiger partial charge on any atom is -0.325 e. The van der Waals surface area contributed by atoms with E-state index in [1.165, 1.54) is 0 Å². The molecule has 0 aliphatic rings. The Hall–Kier alpha value is -2.01. The van der Waals surface area contributed by atoms with Crippen molar-refractivity contribution in [1.82, 2.24) is 20.0 Å². The van der Waals surface area contributed by atoms with Crippen molar-refractivity contribution in [2.75, 3.05) is 0 Å². The number of aromatic nitrogens is 4. The van der Waals surface area contributed by atoms with Gasteiger partial charge < -0.3 is 5.73 Å². The molecule has 0 bridgehead atoms. The third kappa shape index (κ3) is 1.85. The zero-order valence-electron chi connectivity index (χ0n) is 8.87. The molecule has 5 heteroatoms. The van der Waals surface area contributed by atoms with Gasteiger partial charge in [-0.15, -0.1) is 11.7 Å².